The third-order valence-corrected chi connectivity index (χ3v) is 2.92. The summed E-state index contributed by atoms with van der Waals surface area (Å²) in [5.41, 5.74) is 11.8. The normalized spacial score (nSPS) is 11.7. The van der Waals surface area contributed by atoms with Gasteiger partial charge in [-0.25, -0.2) is 0 Å². The molecule has 1 atom stereocenters. The maximum atomic E-state index is 12.1. The topological polar surface area (TPSA) is 107 Å². The highest BCUT2D eigenvalue weighted by atomic mass is 16.5. The molecule has 20 heavy (non-hydrogen) atoms. The molecule has 6 heteroatoms. The zero-order chi connectivity index (χ0) is 15.0. The van der Waals surface area contributed by atoms with Crippen LogP contribution in [0.25, 0.3) is 0 Å². The Morgan fingerprint density at radius 1 is 1.45 bits per heavy atom. The molecular formula is C14H21N3O3. The zero-order valence-electron chi connectivity index (χ0n) is 11.6. The highest BCUT2D eigenvalue weighted by Gasteiger charge is 2.16. The van der Waals surface area contributed by atoms with Crippen LogP contribution in [0.2, 0.25) is 0 Å². The highest BCUT2D eigenvalue weighted by Crippen LogP contribution is 2.21. The van der Waals surface area contributed by atoms with Crippen LogP contribution in [0.4, 0.5) is 5.69 Å². The lowest BCUT2D eigenvalue weighted by molar-refractivity contribution is -0.109. The number of aldehydes is 1. The van der Waals surface area contributed by atoms with E-state index >= 15 is 0 Å². The fourth-order valence-electron chi connectivity index (χ4n) is 1.83. The van der Waals surface area contributed by atoms with Crippen molar-refractivity contribution in [2.24, 2.45) is 5.73 Å². The van der Waals surface area contributed by atoms with Crippen LogP contribution < -0.4 is 21.5 Å². The lowest BCUT2D eigenvalue weighted by Crippen LogP contribution is -2.36. The maximum Gasteiger partial charge on any atom is 0.255 e. The van der Waals surface area contributed by atoms with Gasteiger partial charge < -0.3 is 26.3 Å². The third kappa shape index (κ3) is 4.55. The number of ether oxygens (including phenoxy) is 1. The van der Waals surface area contributed by atoms with Crippen LogP contribution in [0.1, 0.15) is 29.6 Å². The van der Waals surface area contributed by atoms with Gasteiger partial charge in [-0.2, -0.15) is 0 Å². The number of anilines is 1. The second-order valence-electron chi connectivity index (χ2n) is 4.46. The van der Waals surface area contributed by atoms with E-state index in [0.717, 1.165) is 19.1 Å². The summed E-state index contributed by atoms with van der Waals surface area (Å²) in [5, 5.41) is 2.66. The fourth-order valence-corrected chi connectivity index (χ4v) is 1.83. The molecule has 1 rings (SSSR count). The van der Waals surface area contributed by atoms with E-state index in [0.29, 0.717) is 30.0 Å². The number of carbonyl (C=O) groups excluding carboxylic acids is 2. The first-order valence-corrected chi connectivity index (χ1v) is 6.52. The average molecular weight is 279 g/mol. The Morgan fingerprint density at radius 2 is 2.20 bits per heavy atom. The van der Waals surface area contributed by atoms with E-state index in [9.17, 15) is 9.59 Å². The predicted octanol–water partition coefficient (Wildman–Crippen LogP) is 0.704. The minimum atomic E-state index is -0.528. The van der Waals surface area contributed by atoms with E-state index in [1.54, 1.807) is 12.1 Å². The molecule has 0 heterocycles. The molecule has 1 unspecified atom stereocenters. The van der Waals surface area contributed by atoms with E-state index < -0.39 is 6.04 Å². The second kappa shape index (κ2) is 8.16. The average Bonchev–Trinajstić information content (AvgIpc) is 2.46. The van der Waals surface area contributed by atoms with Crippen molar-refractivity contribution >= 4 is 17.9 Å². The molecule has 110 valence electrons. The van der Waals surface area contributed by atoms with E-state index in [2.05, 4.69) is 5.32 Å². The summed E-state index contributed by atoms with van der Waals surface area (Å²) in [7, 11) is 1.47. The molecule has 6 nitrogen and oxygen atoms in total. The van der Waals surface area contributed by atoms with Gasteiger partial charge in [-0.3, -0.25) is 4.79 Å². The molecule has 0 aliphatic rings. The quantitative estimate of drug-likeness (QED) is 0.369. The molecule has 0 aromatic heterocycles. The first-order chi connectivity index (χ1) is 9.62. The SMILES string of the molecule is COc1ccc(N)cc1C(=O)NC(C=O)CCCCN. The molecule has 5 N–H and O–H groups in total. The molecule has 0 saturated carbocycles. The van der Waals surface area contributed by atoms with Crippen LogP contribution in [0.3, 0.4) is 0 Å². The maximum absolute atomic E-state index is 12.1. The molecule has 1 amide bonds. The molecule has 0 fully saturated rings. The number of unbranched alkanes of at least 4 members (excludes halogenated alkanes) is 1. The predicted molar refractivity (Wildman–Crippen MR) is 77.6 cm³/mol. The first-order valence-electron chi connectivity index (χ1n) is 6.52. The number of hydrogen-bond donors (Lipinski definition) is 3. The summed E-state index contributed by atoms with van der Waals surface area (Å²) < 4.78 is 5.11. The van der Waals surface area contributed by atoms with Crippen LogP contribution in [-0.2, 0) is 4.79 Å². The van der Waals surface area contributed by atoms with Crippen molar-refractivity contribution in [3.8, 4) is 5.75 Å². The van der Waals surface area contributed by atoms with Gasteiger partial charge in [0, 0.05) is 5.69 Å². The lowest BCUT2D eigenvalue weighted by atomic mass is 10.1. The number of rotatable bonds is 8. The van der Waals surface area contributed by atoms with Gasteiger partial charge in [0.1, 0.15) is 12.0 Å². The third-order valence-electron chi connectivity index (χ3n) is 2.92. The van der Waals surface area contributed by atoms with Crippen molar-refractivity contribution in [3.05, 3.63) is 23.8 Å². The van der Waals surface area contributed by atoms with E-state index in [4.69, 9.17) is 16.2 Å². The number of methoxy groups -OCH3 is 1. The molecule has 1 aromatic carbocycles. The number of benzene rings is 1. The molecular weight excluding hydrogens is 258 g/mol. The van der Waals surface area contributed by atoms with E-state index in [1.807, 2.05) is 0 Å². The van der Waals surface area contributed by atoms with Crippen molar-refractivity contribution in [2.75, 3.05) is 19.4 Å². The Morgan fingerprint density at radius 3 is 2.80 bits per heavy atom. The fraction of sp³-hybridized carbons (Fsp3) is 0.429. The standard InChI is InChI=1S/C14H21N3O3/c1-20-13-6-5-10(16)8-12(13)14(19)17-11(9-18)4-2-3-7-15/h5-6,8-9,11H,2-4,7,15-16H2,1H3,(H,17,19). The summed E-state index contributed by atoms with van der Waals surface area (Å²) in [5.74, 6) is 0.0438. The lowest BCUT2D eigenvalue weighted by Gasteiger charge is -2.14. The van der Waals surface area contributed by atoms with Crippen LogP contribution in [0.15, 0.2) is 18.2 Å². The van der Waals surface area contributed by atoms with Crippen molar-refractivity contribution in [2.45, 2.75) is 25.3 Å². The Labute approximate surface area is 118 Å². The van der Waals surface area contributed by atoms with Gasteiger partial charge >= 0.3 is 0 Å². The first kappa shape index (κ1) is 16.0. The Balaban J connectivity index is 2.73. The number of nitrogen functional groups attached to an aromatic ring is 1. The van der Waals surface area contributed by atoms with Crippen LogP contribution in [-0.4, -0.2) is 31.9 Å². The molecule has 0 saturated heterocycles. The van der Waals surface area contributed by atoms with Gasteiger partial charge in [0.25, 0.3) is 5.91 Å². The Kier molecular flexibility index (Phi) is 6.52. The number of nitrogens with two attached hydrogens (primary N) is 2. The van der Waals surface area contributed by atoms with Gasteiger partial charge in [0.05, 0.1) is 18.7 Å². The Bertz CT molecular complexity index is 463. The van der Waals surface area contributed by atoms with Crippen LogP contribution >= 0.6 is 0 Å². The summed E-state index contributed by atoms with van der Waals surface area (Å²) in [4.78, 5) is 23.1. The van der Waals surface area contributed by atoms with Gasteiger partial charge in [-0.15, -0.1) is 0 Å². The Hall–Kier alpha value is -2.08. The smallest absolute Gasteiger partial charge is 0.255 e. The van der Waals surface area contributed by atoms with Crippen molar-refractivity contribution < 1.29 is 14.3 Å². The molecule has 0 bridgehead atoms. The number of carbonyl (C=O) groups is 2. The van der Waals surface area contributed by atoms with Crippen LogP contribution in [0.5, 0.6) is 5.75 Å². The number of amides is 1. The number of hydrogen-bond acceptors (Lipinski definition) is 5. The summed E-state index contributed by atoms with van der Waals surface area (Å²) >= 11 is 0. The largest absolute Gasteiger partial charge is 0.496 e. The second-order valence-corrected chi connectivity index (χ2v) is 4.46. The van der Waals surface area contributed by atoms with Crippen molar-refractivity contribution in [3.63, 3.8) is 0 Å². The van der Waals surface area contributed by atoms with Gasteiger partial charge in [0.15, 0.2) is 0 Å². The molecule has 0 spiro atoms. The molecule has 0 radical (unpaired) electrons. The molecule has 0 aliphatic heterocycles. The summed E-state index contributed by atoms with van der Waals surface area (Å²) in [6.45, 7) is 0.572. The van der Waals surface area contributed by atoms with Crippen molar-refractivity contribution in [1.29, 1.82) is 0 Å². The summed E-state index contributed by atoms with van der Waals surface area (Å²) in [6.07, 6.45) is 2.90. The van der Waals surface area contributed by atoms with Crippen LogP contribution in [0, 0.1) is 0 Å². The van der Waals surface area contributed by atoms with E-state index in [1.165, 1.54) is 13.2 Å². The minimum absolute atomic E-state index is 0.318. The summed E-state index contributed by atoms with van der Waals surface area (Å²) in [6, 6.07) is 4.26. The minimum Gasteiger partial charge on any atom is -0.496 e. The number of nitrogens with one attached hydrogen (secondary N) is 1. The van der Waals surface area contributed by atoms with E-state index in [-0.39, 0.29) is 5.91 Å². The highest BCUT2D eigenvalue weighted by molar-refractivity contribution is 5.99. The van der Waals surface area contributed by atoms with Gasteiger partial charge in [-0.1, -0.05) is 0 Å². The van der Waals surface area contributed by atoms with Crippen molar-refractivity contribution in [1.82, 2.24) is 5.32 Å². The van der Waals surface area contributed by atoms with Gasteiger partial charge in [-0.05, 0) is 44.0 Å². The molecule has 1 aromatic rings. The zero-order valence-corrected chi connectivity index (χ0v) is 11.6. The monoisotopic (exact) mass is 279 g/mol. The van der Waals surface area contributed by atoms with Gasteiger partial charge in [0.2, 0.25) is 0 Å². The molecule has 0 aliphatic carbocycles.